The van der Waals surface area contributed by atoms with Gasteiger partial charge in [0.25, 0.3) is 0 Å². The van der Waals surface area contributed by atoms with Gasteiger partial charge in [-0.1, -0.05) is 26.0 Å². The van der Waals surface area contributed by atoms with Gasteiger partial charge in [0.05, 0.1) is 5.69 Å². The quantitative estimate of drug-likeness (QED) is 0.811. The minimum absolute atomic E-state index is 0.311. The number of rotatable bonds is 6. The summed E-state index contributed by atoms with van der Waals surface area (Å²) >= 11 is 0. The Balaban J connectivity index is 2.05. The van der Waals surface area contributed by atoms with Crippen LogP contribution < -0.4 is 0 Å². The van der Waals surface area contributed by atoms with Crippen LogP contribution in [0.1, 0.15) is 32.3 Å². The predicted molar refractivity (Wildman–Crippen MR) is 79.8 cm³/mol. The van der Waals surface area contributed by atoms with Crippen molar-refractivity contribution in [3.63, 3.8) is 0 Å². The van der Waals surface area contributed by atoms with Crippen LogP contribution in [0.15, 0.2) is 42.7 Å². The first-order valence-corrected chi connectivity index (χ1v) is 8.09. The Hall–Kier alpha value is -1.42. The maximum absolute atomic E-state index is 12.2. The van der Waals surface area contributed by atoms with Crippen molar-refractivity contribution in [2.45, 2.75) is 37.7 Å². The van der Waals surface area contributed by atoms with Crippen LogP contribution in [0.25, 0.3) is 5.69 Å². The van der Waals surface area contributed by atoms with E-state index in [2.05, 4.69) is 18.9 Å². The van der Waals surface area contributed by atoms with Gasteiger partial charge in [0.15, 0.2) is 0 Å². The molecule has 0 amide bonds. The van der Waals surface area contributed by atoms with Crippen LogP contribution in [-0.4, -0.2) is 19.2 Å². The molecule has 2 rings (SSSR count). The van der Waals surface area contributed by atoms with Gasteiger partial charge in [-0.2, -0.15) is 5.10 Å². The van der Waals surface area contributed by atoms with Gasteiger partial charge < -0.3 is 0 Å². The van der Waals surface area contributed by atoms with Gasteiger partial charge in [0.2, 0.25) is 0 Å². The number of hydrogen-bond acceptors (Lipinski definition) is 2. The summed E-state index contributed by atoms with van der Waals surface area (Å²) in [6.07, 6.45) is 5.64. The van der Waals surface area contributed by atoms with E-state index in [1.807, 2.05) is 41.2 Å². The number of aromatic nitrogens is 2. The van der Waals surface area contributed by atoms with E-state index in [9.17, 15) is 4.21 Å². The molecular formula is C15H20N2OS. The third-order valence-electron chi connectivity index (χ3n) is 3.30. The lowest BCUT2D eigenvalue weighted by atomic mass is 10.2. The molecule has 19 heavy (non-hydrogen) atoms. The lowest BCUT2D eigenvalue weighted by molar-refractivity contribution is 0.657. The van der Waals surface area contributed by atoms with E-state index in [1.54, 1.807) is 6.20 Å². The van der Waals surface area contributed by atoms with Gasteiger partial charge in [-0.3, -0.25) is 4.21 Å². The SMILES string of the molecule is CCC(CC)[S@](=O)Cc1ccc(-n2cccn2)cc1. The zero-order chi connectivity index (χ0) is 13.7. The molecule has 1 atom stereocenters. The minimum Gasteiger partial charge on any atom is -0.259 e. The van der Waals surface area contributed by atoms with E-state index < -0.39 is 10.8 Å². The molecule has 102 valence electrons. The molecule has 0 bridgehead atoms. The molecule has 0 aliphatic heterocycles. The topological polar surface area (TPSA) is 34.9 Å². The second kappa shape index (κ2) is 6.66. The molecule has 0 aliphatic rings. The van der Waals surface area contributed by atoms with Crippen molar-refractivity contribution in [3.05, 3.63) is 48.3 Å². The maximum Gasteiger partial charge on any atom is 0.0645 e. The zero-order valence-corrected chi connectivity index (χ0v) is 12.3. The highest BCUT2D eigenvalue weighted by atomic mass is 32.2. The van der Waals surface area contributed by atoms with Crippen LogP contribution in [-0.2, 0) is 16.6 Å². The second-order valence-corrected chi connectivity index (χ2v) is 6.30. The molecule has 1 aromatic heterocycles. The van der Waals surface area contributed by atoms with E-state index in [-0.39, 0.29) is 0 Å². The molecule has 0 saturated carbocycles. The summed E-state index contributed by atoms with van der Waals surface area (Å²) in [4.78, 5) is 0. The fraction of sp³-hybridized carbons (Fsp3) is 0.400. The number of nitrogens with zero attached hydrogens (tertiary/aromatic N) is 2. The highest BCUT2D eigenvalue weighted by Crippen LogP contribution is 2.14. The standard InChI is InChI=1S/C15H20N2OS/c1-3-15(4-2)19(18)12-13-6-8-14(9-7-13)17-11-5-10-16-17/h5-11,15H,3-4,12H2,1-2H3/t19-/m1/s1. The molecule has 0 radical (unpaired) electrons. The molecule has 3 nitrogen and oxygen atoms in total. The van der Waals surface area contributed by atoms with Crippen molar-refractivity contribution < 1.29 is 4.21 Å². The summed E-state index contributed by atoms with van der Waals surface area (Å²) in [5, 5.41) is 4.50. The Morgan fingerprint density at radius 2 is 1.89 bits per heavy atom. The van der Waals surface area contributed by atoms with Gasteiger partial charge in [0, 0.05) is 34.2 Å². The number of hydrogen-bond donors (Lipinski definition) is 0. The summed E-state index contributed by atoms with van der Waals surface area (Å²) in [5.74, 6) is 0.645. The van der Waals surface area contributed by atoms with E-state index in [0.29, 0.717) is 11.0 Å². The largest absolute Gasteiger partial charge is 0.259 e. The minimum atomic E-state index is -0.775. The van der Waals surface area contributed by atoms with Crippen LogP contribution >= 0.6 is 0 Å². The molecule has 0 spiro atoms. The molecule has 0 N–H and O–H groups in total. The van der Waals surface area contributed by atoms with E-state index >= 15 is 0 Å². The predicted octanol–water partition coefficient (Wildman–Crippen LogP) is 3.31. The first-order valence-electron chi connectivity index (χ1n) is 6.70. The molecule has 0 saturated heterocycles. The normalized spacial score (nSPS) is 12.8. The fourth-order valence-corrected chi connectivity index (χ4v) is 3.61. The summed E-state index contributed by atoms with van der Waals surface area (Å²) in [6, 6.07) is 10.0. The Morgan fingerprint density at radius 1 is 1.21 bits per heavy atom. The number of benzene rings is 1. The lowest BCUT2D eigenvalue weighted by Gasteiger charge is -2.12. The summed E-state index contributed by atoms with van der Waals surface area (Å²) in [6.45, 7) is 4.21. The van der Waals surface area contributed by atoms with Crippen molar-refractivity contribution in [2.24, 2.45) is 0 Å². The Morgan fingerprint density at radius 3 is 2.42 bits per heavy atom. The Kier molecular flexibility index (Phi) is 4.91. The zero-order valence-electron chi connectivity index (χ0n) is 11.5. The van der Waals surface area contributed by atoms with Crippen LogP contribution in [0.2, 0.25) is 0 Å². The molecule has 0 fully saturated rings. The van der Waals surface area contributed by atoms with E-state index in [0.717, 1.165) is 24.1 Å². The first-order chi connectivity index (χ1) is 9.24. The molecule has 1 heterocycles. The Bertz CT molecular complexity index is 516. The fourth-order valence-electron chi connectivity index (χ4n) is 2.11. The van der Waals surface area contributed by atoms with Gasteiger partial charge in [0.1, 0.15) is 0 Å². The van der Waals surface area contributed by atoms with E-state index in [4.69, 9.17) is 0 Å². The molecule has 1 aromatic carbocycles. The van der Waals surface area contributed by atoms with Crippen LogP contribution in [0.3, 0.4) is 0 Å². The molecule has 0 unspecified atom stereocenters. The van der Waals surface area contributed by atoms with Gasteiger partial charge in [-0.25, -0.2) is 4.68 Å². The van der Waals surface area contributed by atoms with E-state index in [1.165, 1.54) is 0 Å². The summed E-state index contributed by atoms with van der Waals surface area (Å²) in [7, 11) is -0.775. The van der Waals surface area contributed by atoms with Crippen molar-refractivity contribution in [2.75, 3.05) is 0 Å². The molecule has 4 heteroatoms. The first kappa shape index (κ1) is 14.0. The highest BCUT2D eigenvalue weighted by molar-refractivity contribution is 7.84. The van der Waals surface area contributed by atoms with Crippen molar-refractivity contribution >= 4 is 10.8 Å². The third kappa shape index (κ3) is 3.53. The average molecular weight is 276 g/mol. The molecule has 0 aliphatic carbocycles. The summed E-state index contributed by atoms with van der Waals surface area (Å²) < 4.78 is 14.0. The molecule has 2 aromatic rings. The lowest BCUT2D eigenvalue weighted by Crippen LogP contribution is -2.14. The van der Waals surface area contributed by atoms with Crippen molar-refractivity contribution in [1.29, 1.82) is 0 Å². The van der Waals surface area contributed by atoms with Crippen molar-refractivity contribution in [3.8, 4) is 5.69 Å². The van der Waals surface area contributed by atoms with Gasteiger partial charge in [-0.05, 0) is 36.6 Å². The Labute approximate surface area is 117 Å². The highest BCUT2D eigenvalue weighted by Gasteiger charge is 2.12. The third-order valence-corrected chi connectivity index (χ3v) is 5.32. The van der Waals surface area contributed by atoms with Gasteiger partial charge in [-0.15, -0.1) is 0 Å². The second-order valence-electron chi connectivity index (χ2n) is 4.58. The summed E-state index contributed by atoms with van der Waals surface area (Å²) in [5.41, 5.74) is 2.16. The van der Waals surface area contributed by atoms with Crippen LogP contribution in [0.5, 0.6) is 0 Å². The average Bonchev–Trinajstić information content (AvgIpc) is 2.95. The van der Waals surface area contributed by atoms with Crippen LogP contribution in [0.4, 0.5) is 0 Å². The van der Waals surface area contributed by atoms with Crippen molar-refractivity contribution in [1.82, 2.24) is 9.78 Å². The maximum atomic E-state index is 12.2. The monoisotopic (exact) mass is 276 g/mol. The molecular weight excluding hydrogens is 256 g/mol. The van der Waals surface area contributed by atoms with Gasteiger partial charge >= 0.3 is 0 Å². The smallest absolute Gasteiger partial charge is 0.0645 e. The van der Waals surface area contributed by atoms with Crippen LogP contribution in [0, 0.1) is 0 Å².